The van der Waals surface area contributed by atoms with E-state index in [2.05, 4.69) is 19.2 Å². The van der Waals surface area contributed by atoms with Crippen LogP contribution in [0.4, 0.5) is 5.69 Å². The minimum absolute atomic E-state index is 0.118. The van der Waals surface area contributed by atoms with Gasteiger partial charge in [0, 0.05) is 5.69 Å². The zero-order chi connectivity index (χ0) is 24.9. The highest BCUT2D eigenvalue weighted by Gasteiger charge is 2.17. The summed E-state index contributed by atoms with van der Waals surface area (Å²) in [5.74, 6) is -0.187. The third kappa shape index (κ3) is 5.32. The number of carbonyl (C=O) groups is 1. The van der Waals surface area contributed by atoms with E-state index in [0.29, 0.717) is 26.5 Å². The predicted octanol–water partition coefficient (Wildman–Crippen LogP) is 4.47. The Bertz CT molecular complexity index is 1570. The topological polar surface area (TPSA) is 74.9 Å². The molecule has 0 saturated carbocycles. The zero-order valence-electron chi connectivity index (χ0n) is 19.8. The van der Waals surface area contributed by atoms with E-state index in [4.69, 9.17) is 0 Å². The molecule has 0 aliphatic carbocycles. The van der Waals surface area contributed by atoms with Crippen LogP contribution in [-0.2, 0) is 4.79 Å². The number of nitrogens with zero attached hydrogens (tertiary/aromatic N) is 2. The maximum atomic E-state index is 13.5. The molecule has 6 heteroatoms. The number of benzene rings is 3. The van der Waals surface area contributed by atoms with Gasteiger partial charge in [-0.15, -0.1) is 11.3 Å². The molecule has 0 spiro atoms. The molecule has 5 nitrogen and oxygen atoms in total. The Labute approximate surface area is 207 Å². The van der Waals surface area contributed by atoms with Crippen LogP contribution in [0.2, 0.25) is 0 Å². The molecule has 4 rings (SSSR count). The molecule has 0 unspecified atom stereocenters. The number of thiazole rings is 1. The number of aromatic nitrogens is 1. The van der Waals surface area contributed by atoms with Crippen LogP contribution < -0.4 is 20.1 Å². The number of hydrogen-bond acceptors (Lipinski definition) is 4. The van der Waals surface area contributed by atoms with Crippen LogP contribution in [0.3, 0.4) is 0 Å². The van der Waals surface area contributed by atoms with Crippen LogP contribution in [0, 0.1) is 18.3 Å². The molecule has 0 bridgehead atoms. The lowest BCUT2D eigenvalue weighted by Crippen LogP contribution is -2.32. The van der Waals surface area contributed by atoms with Gasteiger partial charge in [-0.2, -0.15) is 5.26 Å². The molecule has 0 aliphatic rings. The highest BCUT2D eigenvalue weighted by molar-refractivity contribution is 7.07. The normalized spacial score (nSPS) is 12.4. The summed E-state index contributed by atoms with van der Waals surface area (Å²) in [5.41, 5.74) is 3.92. The van der Waals surface area contributed by atoms with Crippen molar-refractivity contribution in [1.29, 1.82) is 5.26 Å². The van der Waals surface area contributed by atoms with Gasteiger partial charge in [0.15, 0.2) is 5.57 Å². The lowest BCUT2D eigenvalue weighted by Gasteiger charge is -2.08. The van der Waals surface area contributed by atoms with Crippen molar-refractivity contribution in [2.45, 2.75) is 26.7 Å². The molecule has 0 aliphatic heterocycles. The number of amides is 1. The molecule has 0 fully saturated rings. The average Bonchev–Trinajstić information content (AvgIpc) is 3.17. The molecule has 4 aromatic rings. The second-order valence-electron chi connectivity index (χ2n) is 8.52. The van der Waals surface area contributed by atoms with Crippen molar-refractivity contribution in [3.63, 3.8) is 0 Å². The zero-order valence-corrected chi connectivity index (χ0v) is 20.6. The number of aryl methyl sites for hydroxylation is 1. The van der Waals surface area contributed by atoms with Gasteiger partial charge in [-0.3, -0.25) is 14.2 Å². The summed E-state index contributed by atoms with van der Waals surface area (Å²) in [6.45, 7) is 6.19. The molecule has 1 aromatic heterocycles. The number of nitriles is 1. The smallest absolute Gasteiger partial charge is 0.273 e. The molecule has 1 N–H and O–H groups in total. The van der Waals surface area contributed by atoms with Gasteiger partial charge in [0.25, 0.3) is 11.5 Å². The Morgan fingerprint density at radius 3 is 2.26 bits per heavy atom. The highest BCUT2D eigenvalue weighted by atomic mass is 32.1. The summed E-state index contributed by atoms with van der Waals surface area (Å²) in [5, 5.41) is 12.8. The summed E-state index contributed by atoms with van der Waals surface area (Å²) in [4.78, 5) is 26.6. The molecular weight excluding hydrogens is 454 g/mol. The van der Waals surface area contributed by atoms with Gasteiger partial charge >= 0.3 is 0 Å². The number of hydrogen-bond donors (Lipinski definition) is 1. The molecule has 35 heavy (non-hydrogen) atoms. The number of nitrogens with one attached hydrogen (secondary N) is 1. The predicted molar refractivity (Wildman–Crippen MR) is 142 cm³/mol. The second-order valence-corrected chi connectivity index (χ2v) is 9.55. The van der Waals surface area contributed by atoms with Crippen molar-refractivity contribution < 1.29 is 4.79 Å². The van der Waals surface area contributed by atoms with Gasteiger partial charge in [-0.25, -0.2) is 0 Å². The number of para-hydroxylation sites is 1. The van der Waals surface area contributed by atoms with Gasteiger partial charge in [0.1, 0.15) is 10.7 Å². The first-order chi connectivity index (χ1) is 16.9. The van der Waals surface area contributed by atoms with Gasteiger partial charge in [-0.1, -0.05) is 74.0 Å². The van der Waals surface area contributed by atoms with Crippen LogP contribution >= 0.6 is 11.3 Å². The molecule has 174 valence electrons. The fraction of sp³-hybridized carbons (Fsp3) is 0.138. The maximum absolute atomic E-state index is 13.5. The van der Waals surface area contributed by atoms with Gasteiger partial charge in [0.05, 0.1) is 10.2 Å². The minimum Gasteiger partial charge on any atom is -0.321 e. The monoisotopic (exact) mass is 479 g/mol. The number of rotatable bonds is 5. The van der Waals surface area contributed by atoms with Crippen molar-refractivity contribution in [2.24, 2.45) is 0 Å². The first-order valence-electron chi connectivity index (χ1n) is 11.3. The lowest BCUT2D eigenvalue weighted by atomic mass is 10.0. The van der Waals surface area contributed by atoms with E-state index in [0.717, 1.165) is 28.0 Å². The van der Waals surface area contributed by atoms with Crippen molar-refractivity contribution in [3.05, 3.63) is 115 Å². The molecule has 0 atom stereocenters. The van der Waals surface area contributed by atoms with Crippen molar-refractivity contribution >= 4 is 34.6 Å². The van der Waals surface area contributed by atoms with E-state index in [1.54, 1.807) is 18.2 Å². The van der Waals surface area contributed by atoms with Gasteiger partial charge in [-0.05, 0) is 54.3 Å². The van der Waals surface area contributed by atoms with E-state index >= 15 is 0 Å². The summed E-state index contributed by atoms with van der Waals surface area (Å²) in [6.07, 6.45) is 1.78. The fourth-order valence-electron chi connectivity index (χ4n) is 3.62. The summed E-state index contributed by atoms with van der Waals surface area (Å²) >= 11 is 1.13. The molecule has 3 aromatic carbocycles. The van der Waals surface area contributed by atoms with Crippen molar-refractivity contribution in [3.8, 4) is 11.8 Å². The molecule has 0 saturated heterocycles. The molecule has 1 amide bonds. The Morgan fingerprint density at radius 1 is 1.00 bits per heavy atom. The van der Waals surface area contributed by atoms with E-state index in [1.807, 2.05) is 79.7 Å². The van der Waals surface area contributed by atoms with Crippen LogP contribution in [0.5, 0.6) is 0 Å². The summed E-state index contributed by atoms with van der Waals surface area (Å²) in [6, 6.07) is 26.4. The van der Waals surface area contributed by atoms with Crippen LogP contribution in [0.1, 0.15) is 36.5 Å². The Hall–Kier alpha value is -4.21. The molecular formula is C29H25N3O2S. The van der Waals surface area contributed by atoms with Crippen LogP contribution in [-0.4, -0.2) is 10.5 Å². The first kappa shape index (κ1) is 23.9. The van der Waals surface area contributed by atoms with E-state index in [-0.39, 0.29) is 11.1 Å². The molecule has 1 heterocycles. The number of carbonyl (C=O) groups excluding carboxylic acids is 1. The highest BCUT2D eigenvalue weighted by Crippen LogP contribution is 2.17. The Kier molecular flexibility index (Phi) is 7.09. The van der Waals surface area contributed by atoms with Crippen molar-refractivity contribution in [1.82, 2.24) is 4.57 Å². The van der Waals surface area contributed by atoms with Gasteiger partial charge < -0.3 is 5.32 Å². The van der Waals surface area contributed by atoms with Crippen LogP contribution in [0.25, 0.3) is 17.3 Å². The SMILES string of the molecule is Cc1ccc(C=c2sc(=C(C#N)C(=O)Nc3ccc(C(C)C)cc3)n(-c3ccccc3)c2=O)cc1. The van der Waals surface area contributed by atoms with Crippen LogP contribution in [0.15, 0.2) is 83.7 Å². The number of anilines is 1. The largest absolute Gasteiger partial charge is 0.321 e. The molecule has 0 radical (unpaired) electrons. The average molecular weight is 480 g/mol. The maximum Gasteiger partial charge on any atom is 0.273 e. The van der Waals surface area contributed by atoms with E-state index < -0.39 is 5.91 Å². The lowest BCUT2D eigenvalue weighted by molar-refractivity contribution is -0.111. The first-order valence-corrected chi connectivity index (χ1v) is 12.1. The summed E-state index contributed by atoms with van der Waals surface area (Å²) < 4.78 is 2.16. The van der Waals surface area contributed by atoms with E-state index in [1.165, 1.54) is 4.57 Å². The van der Waals surface area contributed by atoms with Crippen molar-refractivity contribution in [2.75, 3.05) is 5.32 Å². The quantitative estimate of drug-likeness (QED) is 0.459. The standard InChI is InChI=1S/C29H25N3O2S/c1-19(2)22-13-15-23(16-14-22)31-27(33)25(18-30)29-32(24-7-5-4-6-8-24)28(34)26(35-29)17-21-11-9-20(3)10-12-21/h4-17,19H,1-3H3,(H,31,33). The third-order valence-corrected chi connectivity index (χ3v) is 6.69. The van der Waals surface area contributed by atoms with E-state index in [9.17, 15) is 14.9 Å². The minimum atomic E-state index is -0.558. The summed E-state index contributed by atoms with van der Waals surface area (Å²) in [7, 11) is 0. The second kappa shape index (κ2) is 10.4. The Balaban J connectivity index is 1.87. The fourth-order valence-corrected chi connectivity index (χ4v) is 4.72. The Morgan fingerprint density at radius 2 is 1.66 bits per heavy atom. The van der Waals surface area contributed by atoms with Gasteiger partial charge in [0.2, 0.25) is 0 Å². The third-order valence-electron chi connectivity index (χ3n) is 5.60.